The Morgan fingerprint density at radius 1 is 0.821 bits per heavy atom. The Hall–Kier alpha value is -3.48. The molecule has 0 bridgehead atoms. The quantitative estimate of drug-likeness (QED) is 0.269. The molecule has 0 spiro atoms. The summed E-state index contributed by atoms with van der Waals surface area (Å²) in [6.07, 6.45) is 1.99. The maximum absolute atomic E-state index is 14.2. The molecule has 1 heterocycles. The molecule has 0 aliphatic carbocycles. The Bertz CT molecular complexity index is 1250. The van der Waals surface area contributed by atoms with E-state index in [0.29, 0.717) is 24.2 Å². The molecule has 3 atom stereocenters. The third-order valence-corrected chi connectivity index (χ3v) is 8.05. The zero-order valence-corrected chi connectivity index (χ0v) is 23.4. The highest BCUT2D eigenvalue weighted by atomic mass is 16.3. The molecule has 6 nitrogen and oxygen atoms in total. The number of aryl methyl sites for hydroxylation is 1. The lowest BCUT2D eigenvalue weighted by Crippen LogP contribution is -2.50. The van der Waals surface area contributed by atoms with Crippen LogP contribution in [0.3, 0.4) is 0 Å². The number of Topliss-reactive ketones (excluding diaryl/α,β-unsaturated/α-hetero) is 2. The van der Waals surface area contributed by atoms with Crippen LogP contribution in [0.5, 0.6) is 11.5 Å². The first-order chi connectivity index (χ1) is 18.7. The zero-order chi connectivity index (χ0) is 28.1. The summed E-state index contributed by atoms with van der Waals surface area (Å²) in [6, 6.07) is 19.1. The van der Waals surface area contributed by atoms with Gasteiger partial charge in [0.2, 0.25) is 0 Å². The molecular weight excluding hydrogens is 488 g/mol. The molecule has 0 unspecified atom stereocenters. The molecular formula is C33H40N2O4. The first kappa shape index (κ1) is 28.5. The minimum atomic E-state index is -0.471. The molecule has 2 N–H and O–H groups in total. The van der Waals surface area contributed by atoms with Crippen LogP contribution in [0.2, 0.25) is 0 Å². The van der Waals surface area contributed by atoms with Crippen molar-refractivity contribution in [3.63, 3.8) is 0 Å². The molecule has 0 amide bonds. The van der Waals surface area contributed by atoms with Crippen LogP contribution in [0.4, 0.5) is 0 Å². The van der Waals surface area contributed by atoms with Gasteiger partial charge in [0.1, 0.15) is 11.5 Å². The van der Waals surface area contributed by atoms with Gasteiger partial charge >= 0.3 is 0 Å². The van der Waals surface area contributed by atoms with E-state index in [2.05, 4.69) is 43.8 Å². The first-order valence-electron chi connectivity index (χ1n) is 13.8. The van der Waals surface area contributed by atoms with Crippen molar-refractivity contribution in [2.45, 2.75) is 32.6 Å². The van der Waals surface area contributed by atoms with Gasteiger partial charge in [-0.05, 0) is 94.8 Å². The van der Waals surface area contributed by atoms with Gasteiger partial charge in [-0.2, -0.15) is 0 Å². The average molecular weight is 529 g/mol. The number of rotatable bonds is 10. The highest BCUT2D eigenvalue weighted by Crippen LogP contribution is 2.43. The summed E-state index contributed by atoms with van der Waals surface area (Å²) < 4.78 is 0. The summed E-state index contributed by atoms with van der Waals surface area (Å²) in [7, 11) is 4.12. The summed E-state index contributed by atoms with van der Waals surface area (Å²) in [5, 5.41) is 20.3. The van der Waals surface area contributed by atoms with Crippen molar-refractivity contribution in [3.05, 3.63) is 94.5 Å². The fraction of sp³-hybridized carbons (Fsp3) is 0.394. The lowest BCUT2D eigenvalue weighted by Gasteiger charge is -2.44. The van der Waals surface area contributed by atoms with Crippen LogP contribution in [0.25, 0.3) is 0 Å². The summed E-state index contributed by atoms with van der Waals surface area (Å²) >= 11 is 0. The van der Waals surface area contributed by atoms with Crippen LogP contribution in [-0.2, 0) is 0 Å². The molecule has 3 aromatic rings. The Morgan fingerprint density at radius 3 is 1.87 bits per heavy atom. The fourth-order valence-electron chi connectivity index (χ4n) is 5.89. The molecule has 3 aromatic carbocycles. The smallest absolute Gasteiger partial charge is 0.167 e. The molecule has 1 saturated heterocycles. The number of phenolic OH excluding ortho intramolecular Hbond substituents is 2. The van der Waals surface area contributed by atoms with Crippen molar-refractivity contribution in [3.8, 4) is 11.5 Å². The third-order valence-electron chi connectivity index (χ3n) is 8.05. The molecule has 0 aromatic heterocycles. The van der Waals surface area contributed by atoms with E-state index in [1.165, 1.54) is 12.1 Å². The number of nitrogens with zero attached hydrogens (tertiary/aromatic N) is 2. The zero-order valence-electron chi connectivity index (χ0n) is 23.4. The van der Waals surface area contributed by atoms with Gasteiger partial charge in [-0.25, -0.2) is 0 Å². The van der Waals surface area contributed by atoms with Crippen LogP contribution >= 0.6 is 0 Å². The predicted octanol–water partition coefficient (Wildman–Crippen LogP) is 5.45. The lowest BCUT2D eigenvalue weighted by atomic mass is 9.67. The number of aromatic hydroxyl groups is 2. The monoisotopic (exact) mass is 528 g/mol. The van der Waals surface area contributed by atoms with Crippen molar-refractivity contribution in [2.24, 2.45) is 11.8 Å². The van der Waals surface area contributed by atoms with Crippen LogP contribution in [0, 0.1) is 25.7 Å². The van der Waals surface area contributed by atoms with Crippen LogP contribution in [0.1, 0.15) is 56.2 Å². The Kier molecular flexibility index (Phi) is 9.20. The second-order valence-corrected chi connectivity index (χ2v) is 11.1. The minimum absolute atomic E-state index is 0.0490. The van der Waals surface area contributed by atoms with Gasteiger partial charge in [0, 0.05) is 42.0 Å². The van der Waals surface area contributed by atoms with Crippen LogP contribution < -0.4 is 0 Å². The maximum Gasteiger partial charge on any atom is 0.167 e. The normalized spacial score (nSPS) is 19.8. The van der Waals surface area contributed by atoms with E-state index in [9.17, 15) is 19.8 Å². The number of piperidine rings is 1. The molecule has 1 aliphatic heterocycles. The SMILES string of the molecule is Cc1cccc([C@@H]2[C@@H](C(=O)c3cccc(O)c3)CN(CCCCN(C)C)C[C@H]2C(=O)c2cccc(O)c2)c1C. The first-order valence-corrected chi connectivity index (χ1v) is 13.8. The van der Waals surface area contributed by atoms with Crippen molar-refractivity contribution in [1.29, 1.82) is 0 Å². The number of likely N-dealkylation sites (tertiary alicyclic amines) is 1. The predicted molar refractivity (Wildman–Crippen MR) is 155 cm³/mol. The van der Waals surface area contributed by atoms with Gasteiger partial charge in [-0.1, -0.05) is 42.5 Å². The second kappa shape index (κ2) is 12.6. The number of ketones is 2. The van der Waals surface area contributed by atoms with Crippen molar-refractivity contribution < 1.29 is 19.8 Å². The topological polar surface area (TPSA) is 81.1 Å². The van der Waals surface area contributed by atoms with E-state index in [-0.39, 0.29) is 29.0 Å². The fourth-order valence-corrected chi connectivity index (χ4v) is 5.89. The molecule has 39 heavy (non-hydrogen) atoms. The minimum Gasteiger partial charge on any atom is -0.508 e. The number of hydrogen-bond donors (Lipinski definition) is 2. The third kappa shape index (κ3) is 6.75. The summed E-state index contributed by atoms with van der Waals surface area (Å²) in [6.45, 7) is 6.97. The number of phenols is 2. The van der Waals surface area contributed by atoms with Crippen molar-refractivity contribution in [2.75, 3.05) is 40.3 Å². The number of unbranched alkanes of at least 4 members (excludes halogenated alkanes) is 1. The lowest BCUT2D eigenvalue weighted by molar-refractivity contribution is 0.0567. The van der Waals surface area contributed by atoms with E-state index >= 15 is 0 Å². The van der Waals surface area contributed by atoms with Crippen LogP contribution in [-0.4, -0.2) is 71.9 Å². The Balaban J connectivity index is 1.79. The van der Waals surface area contributed by atoms with Gasteiger partial charge in [0.15, 0.2) is 11.6 Å². The summed E-state index contributed by atoms with van der Waals surface area (Å²) in [4.78, 5) is 32.7. The molecule has 0 radical (unpaired) electrons. The number of carbonyl (C=O) groups excluding carboxylic acids is 2. The average Bonchev–Trinajstić information content (AvgIpc) is 2.91. The second-order valence-electron chi connectivity index (χ2n) is 11.1. The Morgan fingerprint density at radius 2 is 1.36 bits per heavy atom. The van der Waals surface area contributed by atoms with Gasteiger partial charge in [0.25, 0.3) is 0 Å². The molecule has 206 valence electrons. The molecule has 1 aliphatic rings. The number of carbonyl (C=O) groups is 2. The highest BCUT2D eigenvalue weighted by molar-refractivity contribution is 6.02. The van der Waals surface area contributed by atoms with E-state index in [1.54, 1.807) is 36.4 Å². The highest BCUT2D eigenvalue weighted by Gasteiger charge is 2.45. The molecule has 6 heteroatoms. The van der Waals surface area contributed by atoms with Gasteiger partial charge in [-0.15, -0.1) is 0 Å². The molecule has 0 saturated carbocycles. The van der Waals surface area contributed by atoms with Crippen molar-refractivity contribution in [1.82, 2.24) is 9.80 Å². The van der Waals surface area contributed by atoms with Gasteiger partial charge in [0.05, 0.1) is 0 Å². The number of benzene rings is 3. The van der Waals surface area contributed by atoms with E-state index in [0.717, 1.165) is 42.6 Å². The van der Waals surface area contributed by atoms with Gasteiger partial charge < -0.3 is 20.0 Å². The van der Waals surface area contributed by atoms with E-state index in [4.69, 9.17) is 0 Å². The van der Waals surface area contributed by atoms with Crippen LogP contribution in [0.15, 0.2) is 66.7 Å². The summed E-state index contributed by atoms with van der Waals surface area (Å²) in [5.41, 5.74) is 4.12. The maximum atomic E-state index is 14.2. The van der Waals surface area contributed by atoms with Crippen molar-refractivity contribution >= 4 is 11.6 Å². The number of hydrogen-bond acceptors (Lipinski definition) is 6. The van der Waals surface area contributed by atoms with Gasteiger partial charge in [-0.3, -0.25) is 9.59 Å². The largest absolute Gasteiger partial charge is 0.508 e. The molecule has 1 fully saturated rings. The van der Waals surface area contributed by atoms with E-state index < -0.39 is 11.8 Å². The summed E-state index contributed by atoms with van der Waals surface area (Å²) in [5.74, 6) is -1.32. The molecule has 4 rings (SSSR count). The van der Waals surface area contributed by atoms with E-state index in [1.807, 2.05) is 12.1 Å². The standard InChI is InChI=1S/C33H40N2O4/c1-22-10-7-15-28(23(22)2)31-29(32(38)24-11-8-13-26(36)18-24)20-35(17-6-5-16-34(3)4)21-30(31)33(39)25-12-9-14-27(37)19-25/h7-15,18-19,29-31,36-37H,5-6,16-17,20-21H2,1-4H3/t29-,30+,31+. The Labute approximate surface area is 231 Å².